The third-order valence-electron chi connectivity index (χ3n) is 5.95. The first kappa shape index (κ1) is 19.1. The molecule has 2 fully saturated rings. The van der Waals surface area contributed by atoms with Crippen LogP contribution in [0.2, 0.25) is 0 Å². The van der Waals surface area contributed by atoms with Crippen molar-refractivity contribution < 1.29 is 14.0 Å². The molecule has 148 valence electrons. The summed E-state index contributed by atoms with van der Waals surface area (Å²) in [6.07, 6.45) is 6.73. The van der Waals surface area contributed by atoms with Gasteiger partial charge in [-0.3, -0.25) is 14.9 Å². The van der Waals surface area contributed by atoms with Crippen molar-refractivity contribution in [2.75, 3.05) is 11.9 Å². The molecule has 2 saturated carbocycles. The Bertz CT molecular complexity index is 869. The highest BCUT2D eigenvalue weighted by Gasteiger charge is 2.38. The van der Waals surface area contributed by atoms with E-state index in [0.717, 1.165) is 24.2 Å². The Morgan fingerprint density at radius 1 is 1.21 bits per heavy atom. The van der Waals surface area contributed by atoms with E-state index in [9.17, 15) is 14.0 Å². The number of hydrogen-bond acceptors (Lipinski definition) is 4. The molecular weight excluding hydrogens is 377 g/mol. The maximum absolute atomic E-state index is 13.7. The summed E-state index contributed by atoms with van der Waals surface area (Å²) in [5, 5.41) is 7.68. The van der Waals surface area contributed by atoms with Gasteiger partial charge in [-0.05, 0) is 55.6 Å². The fourth-order valence-electron chi connectivity index (χ4n) is 4.61. The lowest BCUT2D eigenvalue weighted by Crippen LogP contribution is -2.28. The van der Waals surface area contributed by atoms with Crippen LogP contribution >= 0.6 is 11.3 Å². The molecule has 2 bridgehead atoms. The Balaban J connectivity index is 1.22. The van der Waals surface area contributed by atoms with Gasteiger partial charge in [0.15, 0.2) is 5.13 Å². The summed E-state index contributed by atoms with van der Waals surface area (Å²) in [6.45, 7) is 0.716. The number of rotatable bonds is 7. The highest BCUT2D eigenvalue weighted by molar-refractivity contribution is 7.14. The average Bonchev–Trinajstić information content (AvgIpc) is 3.39. The van der Waals surface area contributed by atoms with E-state index in [1.165, 1.54) is 55.2 Å². The highest BCUT2D eigenvalue weighted by Crippen LogP contribution is 2.49. The van der Waals surface area contributed by atoms with Crippen molar-refractivity contribution in [3.05, 3.63) is 46.7 Å². The zero-order valence-electron chi connectivity index (χ0n) is 15.6. The molecular formula is C21H24FN3O2S. The number of hydrogen-bond donors (Lipinski definition) is 2. The van der Waals surface area contributed by atoms with Crippen LogP contribution in [0.25, 0.3) is 0 Å². The molecule has 2 aliphatic rings. The number of carbonyl (C=O) groups excluding carboxylic acids is 2. The van der Waals surface area contributed by atoms with Crippen LogP contribution in [0.4, 0.5) is 9.52 Å². The summed E-state index contributed by atoms with van der Waals surface area (Å²) < 4.78 is 13.7. The third-order valence-corrected chi connectivity index (χ3v) is 6.76. The molecule has 2 N–H and O–H groups in total. The minimum absolute atomic E-state index is 0.0300. The smallest absolute Gasteiger partial charge is 0.260 e. The van der Waals surface area contributed by atoms with E-state index < -0.39 is 11.7 Å². The second-order valence-corrected chi connectivity index (χ2v) is 8.69. The van der Waals surface area contributed by atoms with Crippen LogP contribution in [0.5, 0.6) is 0 Å². The summed E-state index contributed by atoms with van der Waals surface area (Å²) in [6, 6.07) is 5.79. The molecule has 0 saturated heterocycles. The van der Waals surface area contributed by atoms with Crippen LogP contribution in [0, 0.1) is 23.6 Å². The molecule has 28 heavy (non-hydrogen) atoms. The first-order valence-corrected chi connectivity index (χ1v) is 10.7. The lowest BCUT2D eigenvalue weighted by molar-refractivity contribution is -0.120. The lowest BCUT2D eigenvalue weighted by Gasteiger charge is -2.21. The van der Waals surface area contributed by atoms with Gasteiger partial charge in [0.2, 0.25) is 5.91 Å². The minimum Gasteiger partial charge on any atom is -0.356 e. The number of benzene rings is 1. The van der Waals surface area contributed by atoms with E-state index in [0.29, 0.717) is 17.4 Å². The zero-order chi connectivity index (χ0) is 19.5. The molecule has 5 nitrogen and oxygen atoms in total. The van der Waals surface area contributed by atoms with Crippen LogP contribution in [0.15, 0.2) is 29.6 Å². The molecule has 4 rings (SSSR count). The first-order valence-electron chi connectivity index (χ1n) is 9.85. The van der Waals surface area contributed by atoms with E-state index >= 15 is 0 Å². The SMILES string of the molecule is O=C(Cc1csc(NC(=O)c2ccccc2F)n1)NCCC1CC2CCC1C2. The van der Waals surface area contributed by atoms with Crippen LogP contribution in [0.1, 0.15) is 48.2 Å². The molecule has 2 aromatic rings. The maximum Gasteiger partial charge on any atom is 0.260 e. The number of anilines is 1. The van der Waals surface area contributed by atoms with Crippen LogP contribution < -0.4 is 10.6 Å². The van der Waals surface area contributed by atoms with E-state index in [4.69, 9.17) is 0 Å². The maximum atomic E-state index is 13.7. The predicted octanol–water partition coefficient (Wildman–Crippen LogP) is 4.02. The summed E-state index contributed by atoms with van der Waals surface area (Å²) in [4.78, 5) is 28.5. The molecule has 1 heterocycles. The standard InChI is InChI=1S/C21H24FN3O2S/c22-18-4-2-1-3-17(18)20(27)25-21-24-16(12-28-21)11-19(26)23-8-7-15-10-13-5-6-14(15)9-13/h1-4,12-15H,5-11H2,(H,23,26)(H,24,25,27). The van der Waals surface area contributed by atoms with Gasteiger partial charge in [-0.1, -0.05) is 18.6 Å². The lowest BCUT2D eigenvalue weighted by atomic mass is 9.86. The quantitative estimate of drug-likeness (QED) is 0.736. The normalized spacial score (nSPS) is 23.0. The Morgan fingerprint density at radius 3 is 2.82 bits per heavy atom. The van der Waals surface area contributed by atoms with Gasteiger partial charge in [0.1, 0.15) is 5.82 Å². The molecule has 3 unspecified atom stereocenters. The number of nitrogens with one attached hydrogen (secondary N) is 2. The van der Waals surface area contributed by atoms with E-state index in [1.807, 2.05) is 0 Å². The van der Waals surface area contributed by atoms with Crippen molar-refractivity contribution in [1.29, 1.82) is 0 Å². The van der Waals surface area contributed by atoms with Crippen LogP contribution in [-0.4, -0.2) is 23.3 Å². The Morgan fingerprint density at radius 2 is 2.07 bits per heavy atom. The van der Waals surface area contributed by atoms with Crippen LogP contribution in [0.3, 0.4) is 0 Å². The fourth-order valence-corrected chi connectivity index (χ4v) is 5.31. The van der Waals surface area contributed by atoms with Crippen molar-refractivity contribution in [3.63, 3.8) is 0 Å². The molecule has 0 aliphatic heterocycles. The van der Waals surface area contributed by atoms with Crippen molar-refractivity contribution >= 4 is 28.3 Å². The van der Waals surface area contributed by atoms with E-state index in [1.54, 1.807) is 11.4 Å². The van der Waals surface area contributed by atoms with Gasteiger partial charge >= 0.3 is 0 Å². The molecule has 3 atom stereocenters. The molecule has 1 aromatic carbocycles. The second-order valence-electron chi connectivity index (χ2n) is 7.83. The van der Waals surface area contributed by atoms with Gasteiger partial charge < -0.3 is 5.32 Å². The van der Waals surface area contributed by atoms with E-state index in [2.05, 4.69) is 15.6 Å². The van der Waals surface area contributed by atoms with Gasteiger partial charge in [0, 0.05) is 11.9 Å². The topological polar surface area (TPSA) is 71.1 Å². The summed E-state index contributed by atoms with van der Waals surface area (Å²) in [7, 11) is 0. The molecule has 2 aliphatic carbocycles. The van der Waals surface area contributed by atoms with E-state index in [-0.39, 0.29) is 17.9 Å². The molecule has 7 heteroatoms. The van der Waals surface area contributed by atoms with Crippen molar-refractivity contribution in [2.24, 2.45) is 17.8 Å². The molecule has 0 spiro atoms. The number of amides is 2. The Kier molecular flexibility index (Phi) is 5.71. The average molecular weight is 402 g/mol. The largest absolute Gasteiger partial charge is 0.356 e. The summed E-state index contributed by atoms with van der Waals surface area (Å²) >= 11 is 1.23. The minimum atomic E-state index is -0.577. The Labute approximate surface area is 167 Å². The number of carbonyl (C=O) groups is 2. The number of fused-ring (bicyclic) bond motifs is 2. The number of nitrogens with zero attached hydrogens (tertiary/aromatic N) is 1. The van der Waals surface area contributed by atoms with Crippen molar-refractivity contribution in [3.8, 4) is 0 Å². The van der Waals surface area contributed by atoms with Gasteiger partial charge in [-0.15, -0.1) is 11.3 Å². The van der Waals surface area contributed by atoms with Crippen molar-refractivity contribution in [1.82, 2.24) is 10.3 Å². The third kappa shape index (κ3) is 4.41. The van der Waals surface area contributed by atoms with Gasteiger partial charge in [-0.2, -0.15) is 0 Å². The van der Waals surface area contributed by atoms with Gasteiger partial charge in [0.25, 0.3) is 5.91 Å². The second kappa shape index (κ2) is 8.39. The van der Waals surface area contributed by atoms with Crippen molar-refractivity contribution in [2.45, 2.75) is 38.5 Å². The monoisotopic (exact) mass is 401 g/mol. The zero-order valence-corrected chi connectivity index (χ0v) is 16.4. The molecule has 2 amide bonds. The predicted molar refractivity (Wildman–Crippen MR) is 107 cm³/mol. The summed E-state index contributed by atoms with van der Waals surface area (Å²) in [5.41, 5.74) is 0.573. The summed E-state index contributed by atoms with van der Waals surface area (Å²) in [5.74, 6) is 1.40. The fraction of sp³-hybridized carbons (Fsp3) is 0.476. The van der Waals surface area contributed by atoms with Gasteiger partial charge in [-0.25, -0.2) is 9.37 Å². The highest BCUT2D eigenvalue weighted by atomic mass is 32.1. The first-order chi connectivity index (χ1) is 13.6. The van der Waals surface area contributed by atoms with Crippen LogP contribution in [-0.2, 0) is 11.2 Å². The Hall–Kier alpha value is -2.28. The molecule has 1 aromatic heterocycles. The number of halogens is 1. The number of thiazole rings is 1. The number of aromatic nitrogens is 1. The molecule has 0 radical (unpaired) electrons. The van der Waals surface area contributed by atoms with Gasteiger partial charge in [0.05, 0.1) is 17.7 Å².